The zero-order chi connectivity index (χ0) is 14.6. The Bertz CT molecular complexity index is 452. The Hall–Kier alpha value is -1.84. The second kappa shape index (κ2) is 6.36. The van der Waals surface area contributed by atoms with Crippen LogP contribution in [0.4, 0.5) is 0 Å². The summed E-state index contributed by atoms with van der Waals surface area (Å²) in [5.74, 6) is -0.101. The molecule has 19 heavy (non-hydrogen) atoms. The molecule has 0 spiro atoms. The van der Waals surface area contributed by atoms with Gasteiger partial charge in [0.25, 0.3) is 5.91 Å². The van der Waals surface area contributed by atoms with Gasteiger partial charge in [0.15, 0.2) is 0 Å². The lowest BCUT2D eigenvalue weighted by molar-refractivity contribution is 0.0660. The minimum Gasteiger partial charge on any atom is -0.366 e. The summed E-state index contributed by atoms with van der Waals surface area (Å²) >= 11 is 0. The van der Waals surface area contributed by atoms with E-state index in [1.54, 1.807) is 24.3 Å². The summed E-state index contributed by atoms with van der Waals surface area (Å²) in [7, 11) is 0. The summed E-state index contributed by atoms with van der Waals surface area (Å²) in [5.41, 5.74) is 6.18. The van der Waals surface area contributed by atoms with Gasteiger partial charge in [-0.25, -0.2) is 0 Å². The molecule has 0 heterocycles. The topological polar surface area (TPSA) is 63.4 Å². The third-order valence-corrected chi connectivity index (χ3v) is 3.47. The number of amides is 2. The molecule has 1 aromatic carbocycles. The largest absolute Gasteiger partial charge is 0.366 e. The molecule has 4 nitrogen and oxygen atoms in total. The van der Waals surface area contributed by atoms with Gasteiger partial charge < -0.3 is 10.6 Å². The Balaban J connectivity index is 2.94. The van der Waals surface area contributed by atoms with Crippen LogP contribution in [0.1, 0.15) is 48.4 Å². The number of carbonyl (C=O) groups excluding carboxylic acids is 2. The molecule has 0 fully saturated rings. The summed E-state index contributed by atoms with van der Waals surface area (Å²) in [6, 6.07) is 6.65. The first-order valence-corrected chi connectivity index (χ1v) is 6.59. The molecule has 0 radical (unpaired) electrons. The zero-order valence-electron chi connectivity index (χ0n) is 12.0. The average Bonchev–Trinajstić information content (AvgIpc) is 2.39. The predicted molar refractivity (Wildman–Crippen MR) is 76.0 cm³/mol. The molecular weight excluding hydrogens is 240 g/mol. The Morgan fingerprint density at radius 2 is 1.58 bits per heavy atom. The number of primary amides is 1. The fourth-order valence-electron chi connectivity index (χ4n) is 1.92. The van der Waals surface area contributed by atoms with Crippen LogP contribution in [0.2, 0.25) is 0 Å². The lowest BCUT2D eigenvalue weighted by Gasteiger charge is -2.31. The Kier molecular flexibility index (Phi) is 5.10. The van der Waals surface area contributed by atoms with Gasteiger partial charge in [0.1, 0.15) is 0 Å². The highest BCUT2D eigenvalue weighted by molar-refractivity contribution is 5.97. The second-order valence-electron chi connectivity index (χ2n) is 5.02. The van der Waals surface area contributed by atoms with Gasteiger partial charge in [0.05, 0.1) is 0 Å². The van der Waals surface area contributed by atoms with Crippen molar-refractivity contribution in [2.75, 3.05) is 6.54 Å². The van der Waals surface area contributed by atoms with Gasteiger partial charge >= 0.3 is 0 Å². The van der Waals surface area contributed by atoms with E-state index in [1.165, 1.54) is 0 Å². The zero-order valence-corrected chi connectivity index (χ0v) is 12.0. The Labute approximate surface area is 114 Å². The normalized spacial score (nSPS) is 12.3. The summed E-state index contributed by atoms with van der Waals surface area (Å²) < 4.78 is 0. The monoisotopic (exact) mass is 262 g/mol. The number of carbonyl (C=O) groups is 2. The van der Waals surface area contributed by atoms with Crippen molar-refractivity contribution in [3.63, 3.8) is 0 Å². The molecule has 0 aromatic heterocycles. The molecule has 0 aliphatic rings. The molecule has 104 valence electrons. The molecule has 0 aliphatic heterocycles. The van der Waals surface area contributed by atoms with Crippen LogP contribution >= 0.6 is 0 Å². The fraction of sp³-hybridized carbons (Fsp3) is 0.467. The van der Waals surface area contributed by atoms with Crippen molar-refractivity contribution in [1.29, 1.82) is 0 Å². The molecule has 0 saturated carbocycles. The van der Waals surface area contributed by atoms with Gasteiger partial charge in [-0.2, -0.15) is 0 Å². The van der Waals surface area contributed by atoms with Crippen LogP contribution in [0, 0.1) is 5.92 Å². The molecule has 2 amide bonds. The van der Waals surface area contributed by atoms with Crippen molar-refractivity contribution in [1.82, 2.24) is 4.90 Å². The lowest BCUT2D eigenvalue weighted by atomic mass is 10.0. The number of hydrogen-bond donors (Lipinski definition) is 1. The van der Waals surface area contributed by atoms with Crippen LogP contribution in [0.15, 0.2) is 24.3 Å². The van der Waals surface area contributed by atoms with E-state index in [4.69, 9.17) is 5.73 Å². The van der Waals surface area contributed by atoms with Crippen LogP contribution in [-0.4, -0.2) is 29.3 Å². The third kappa shape index (κ3) is 3.56. The van der Waals surface area contributed by atoms with Crippen molar-refractivity contribution in [2.24, 2.45) is 11.7 Å². The van der Waals surface area contributed by atoms with Crippen LogP contribution in [0.3, 0.4) is 0 Å². The Morgan fingerprint density at radius 3 is 1.95 bits per heavy atom. The third-order valence-electron chi connectivity index (χ3n) is 3.47. The lowest BCUT2D eigenvalue weighted by Crippen LogP contribution is -2.41. The van der Waals surface area contributed by atoms with E-state index >= 15 is 0 Å². The summed E-state index contributed by atoms with van der Waals surface area (Å²) in [6.45, 7) is 8.86. The first-order chi connectivity index (χ1) is 8.88. The smallest absolute Gasteiger partial charge is 0.254 e. The predicted octanol–water partition coefficient (Wildman–Crippen LogP) is 2.29. The molecular formula is C15H22N2O2. The maximum atomic E-state index is 12.4. The highest BCUT2D eigenvalue weighted by Crippen LogP contribution is 2.14. The van der Waals surface area contributed by atoms with Gasteiger partial charge in [0, 0.05) is 23.7 Å². The van der Waals surface area contributed by atoms with Crippen molar-refractivity contribution in [3.05, 3.63) is 35.4 Å². The molecule has 1 rings (SSSR count). The van der Waals surface area contributed by atoms with Crippen LogP contribution in [0.25, 0.3) is 0 Å². The van der Waals surface area contributed by atoms with E-state index in [9.17, 15) is 9.59 Å². The van der Waals surface area contributed by atoms with E-state index in [0.29, 0.717) is 23.6 Å². The maximum absolute atomic E-state index is 12.4. The van der Waals surface area contributed by atoms with E-state index in [2.05, 4.69) is 13.8 Å². The second-order valence-corrected chi connectivity index (χ2v) is 5.02. The first-order valence-electron chi connectivity index (χ1n) is 6.59. The van der Waals surface area contributed by atoms with Gasteiger partial charge in [-0.05, 0) is 44.0 Å². The molecule has 0 saturated heterocycles. The molecule has 4 heteroatoms. The molecule has 1 unspecified atom stereocenters. The van der Waals surface area contributed by atoms with Crippen LogP contribution in [-0.2, 0) is 0 Å². The number of nitrogens with zero attached hydrogens (tertiary/aromatic N) is 1. The van der Waals surface area contributed by atoms with Crippen molar-refractivity contribution >= 4 is 11.8 Å². The van der Waals surface area contributed by atoms with E-state index in [-0.39, 0.29) is 11.9 Å². The summed E-state index contributed by atoms with van der Waals surface area (Å²) in [4.78, 5) is 25.2. The molecule has 0 bridgehead atoms. The minimum absolute atomic E-state index is 0.0141. The minimum atomic E-state index is -0.484. The highest BCUT2D eigenvalue weighted by atomic mass is 16.2. The summed E-state index contributed by atoms with van der Waals surface area (Å²) in [5, 5.41) is 0. The van der Waals surface area contributed by atoms with Gasteiger partial charge in [-0.1, -0.05) is 13.8 Å². The van der Waals surface area contributed by atoms with Crippen molar-refractivity contribution < 1.29 is 9.59 Å². The molecule has 0 aliphatic carbocycles. The van der Waals surface area contributed by atoms with E-state index in [1.807, 2.05) is 18.7 Å². The van der Waals surface area contributed by atoms with Crippen molar-refractivity contribution in [2.45, 2.75) is 33.7 Å². The SMILES string of the molecule is CCN(C(=O)c1ccc(C(N)=O)cc1)C(C)C(C)C. The van der Waals surface area contributed by atoms with E-state index < -0.39 is 5.91 Å². The molecule has 1 atom stereocenters. The fourth-order valence-corrected chi connectivity index (χ4v) is 1.92. The number of rotatable bonds is 5. The van der Waals surface area contributed by atoms with E-state index in [0.717, 1.165) is 0 Å². The number of hydrogen-bond acceptors (Lipinski definition) is 2. The molecule has 2 N–H and O–H groups in total. The van der Waals surface area contributed by atoms with Gasteiger partial charge in [0.2, 0.25) is 5.91 Å². The average molecular weight is 262 g/mol. The quantitative estimate of drug-likeness (QED) is 0.885. The van der Waals surface area contributed by atoms with Gasteiger partial charge in [-0.3, -0.25) is 9.59 Å². The Morgan fingerprint density at radius 1 is 1.11 bits per heavy atom. The van der Waals surface area contributed by atoms with Crippen LogP contribution < -0.4 is 5.73 Å². The van der Waals surface area contributed by atoms with Gasteiger partial charge in [-0.15, -0.1) is 0 Å². The number of benzene rings is 1. The van der Waals surface area contributed by atoms with Crippen molar-refractivity contribution in [3.8, 4) is 0 Å². The highest BCUT2D eigenvalue weighted by Gasteiger charge is 2.22. The first kappa shape index (κ1) is 15.2. The summed E-state index contributed by atoms with van der Waals surface area (Å²) in [6.07, 6.45) is 0. The number of nitrogens with two attached hydrogens (primary N) is 1. The standard InChI is InChI=1S/C15H22N2O2/c1-5-17(11(4)10(2)3)15(19)13-8-6-12(7-9-13)14(16)18/h6-11H,5H2,1-4H3,(H2,16,18). The van der Waals surface area contributed by atoms with Crippen LogP contribution in [0.5, 0.6) is 0 Å². The molecule has 1 aromatic rings. The maximum Gasteiger partial charge on any atom is 0.254 e.